The van der Waals surface area contributed by atoms with Gasteiger partial charge in [0.2, 0.25) is 0 Å². The highest BCUT2D eigenvalue weighted by Crippen LogP contribution is 2.36. The van der Waals surface area contributed by atoms with Gasteiger partial charge in [-0.1, -0.05) is 83.9 Å². The molecule has 1 aliphatic rings. The van der Waals surface area contributed by atoms with Crippen molar-refractivity contribution in [2.24, 2.45) is 0 Å². The predicted octanol–water partition coefficient (Wildman–Crippen LogP) is 7.17. The molecule has 0 amide bonds. The fraction of sp³-hybridized carbons (Fsp3) is 0.278. The number of hydrogen-bond donors (Lipinski definition) is 2. The lowest BCUT2D eigenvalue weighted by Crippen LogP contribution is -2.41. The molecule has 0 saturated carbocycles. The number of para-hydroxylation sites is 2. The summed E-state index contributed by atoms with van der Waals surface area (Å²) in [5.74, 6) is 0.954. The number of aliphatic hydroxyl groups is 1. The van der Waals surface area contributed by atoms with E-state index in [1.165, 1.54) is 10.8 Å². The van der Waals surface area contributed by atoms with Gasteiger partial charge in [0.1, 0.15) is 24.7 Å². The van der Waals surface area contributed by atoms with Crippen LogP contribution in [0.5, 0.6) is 17.5 Å². The third kappa shape index (κ3) is 7.89. The Kier molecular flexibility index (Phi) is 10.9. The molecule has 1 fully saturated rings. The molecule has 3 unspecified atom stereocenters. The summed E-state index contributed by atoms with van der Waals surface area (Å²) < 4.78 is 24.4. The van der Waals surface area contributed by atoms with Crippen molar-refractivity contribution in [3.8, 4) is 17.5 Å². The second-order valence-electron chi connectivity index (χ2n) is 11.0. The van der Waals surface area contributed by atoms with E-state index < -0.39 is 6.10 Å². The van der Waals surface area contributed by atoms with E-state index in [0.29, 0.717) is 40.4 Å². The van der Waals surface area contributed by atoms with Crippen LogP contribution in [0.4, 0.5) is 0 Å². The molecule has 5 aromatic rings. The molecule has 2 N–H and O–H groups in total. The Morgan fingerprint density at radius 2 is 1.57 bits per heavy atom. The van der Waals surface area contributed by atoms with Gasteiger partial charge in [0.25, 0.3) is 0 Å². The van der Waals surface area contributed by atoms with Gasteiger partial charge < -0.3 is 29.4 Å². The van der Waals surface area contributed by atoms with Gasteiger partial charge in [-0.2, -0.15) is 4.98 Å². The average molecular weight is 661 g/mol. The summed E-state index contributed by atoms with van der Waals surface area (Å²) >= 11 is 12.6. The average Bonchev–Trinajstić information content (AvgIpc) is 3.09. The molecule has 6 rings (SSSR count). The largest absolute Gasteiger partial charge is 0.488 e. The van der Waals surface area contributed by atoms with E-state index >= 15 is 0 Å². The second-order valence-corrected chi connectivity index (χ2v) is 11.8. The number of hydrogen-bond acceptors (Lipinski definition) is 8. The summed E-state index contributed by atoms with van der Waals surface area (Å²) in [6.45, 7) is 2.00. The summed E-state index contributed by atoms with van der Waals surface area (Å²) in [5.41, 5.74) is 2.44. The monoisotopic (exact) mass is 659 g/mol. The fourth-order valence-corrected chi connectivity index (χ4v) is 5.98. The molecule has 46 heavy (non-hydrogen) atoms. The normalized spacial score (nSPS) is 17.0. The van der Waals surface area contributed by atoms with E-state index in [0.717, 1.165) is 24.1 Å². The maximum atomic E-state index is 10.6. The Hall–Kier alpha value is -3.92. The van der Waals surface area contributed by atoms with Crippen molar-refractivity contribution in [2.45, 2.75) is 31.2 Å². The molecular formula is C36H35Cl2N3O5. The smallest absolute Gasteiger partial charge is 0.316 e. The van der Waals surface area contributed by atoms with Crippen LogP contribution < -0.4 is 19.5 Å². The number of rotatable bonds is 13. The molecule has 2 heterocycles. The van der Waals surface area contributed by atoms with Crippen LogP contribution in [0.1, 0.15) is 35.3 Å². The first-order chi connectivity index (χ1) is 22.6. The lowest BCUT2D eigenvalue weighted by molar-refractivity contribution is 0.00939. The molecule has 3 atom stereocenters. The van der Waals surface area contributed by atoms with Crippen molar-refractivity contribution >= 4 is 34.0 Å². The highest BCUT2D eigenvalue weighted by molar-refractivity contribution is 6.32. The van der Waals surface area contributed by atoms with Gasteiger partial charge in [0.05, 0.1) is 35.1 Å². The number of piperidine rings is 1. The Bertz CT molecular complexity index is 1760. The predicted molar refractivity (Wildman–Crippen MR) is 179 cm³/mol. The van der Waals surface area contributed by atoms with Crippen molar-refractivity contribution in [2.75, 3.05) is 32.9 Å². The van der Waals surface area contributed by atoms with Crippen LogP contribution in [0, 0.1) is 0 Å². The fourth-order valence-electron chi connectivity index (χ4n) is 5.61. The first-order valence-electron chi connectivity index (χ1n) is 15.3. The standard InChI is InChI=1S/C36H35Cl2N3O5/c37-29-9-3-5-11-31(29)43-17-18-44-36-40-20-28(35(41-36)34(22-42)46-32-12-6-4-10-30(32)38)27-15-16-39-21-33(27)45-23-24-13-14-25-7-1-2-8-26(25)19-24/h1-14,19-20,27,33-34,39,42H,15-18,21-23H2. The van der Waals surface area contributed by atoms with Gasteiger partial charge in [-0.05, 0) is 59.6 Å². The van der Waals surface area contributed by atoms with Gasteiger partial charge in [-0.25, -0.2) is 4.98 Å². The van der Waals surface area contributed by atoms with Crippen LogP contribution in [-0.4, -0.2) is 54.1 Å². The van der Waals surface area contributed by atoms with Gasteiger partial charge in [0, 0.05) is 24.2 Å². The Balaban J connectivity index is 1.23. The van der Waals surface area contributed by atoms with Crippen LogP contribution >= 0.6 is 23.2 Å². The number of ether oxygens (including phenoxy) is 4. The number of aromatic nitrogens is 2. The second kappa shape index (κ2) is 15.6. The van der Waals surface area contributed by atoms with Gasteiger partial charge in [-0.3, -0.25) is 0 Å². The van der Waals surface area contributed by atoms with Gasteiger partial charge >= 0.3 is 6.01 Å². The SMILES string of the molecule is OCC(Oc1ccccc1Cl)c1nc(OCCOc2ccccc2Cl)ncc1C1CCNCC1OCc1ccc2ccccc2c1. The van der Waals surface area contributed by atoms with Gasteiger partial charge in [-0.15, -0.1) is 0 Å². The Morgan fingerprint density at radius 3 is 2.35 bits per heavy atom. The maximum absolute atomic E-state index is 10.6. The first kappa shape index (κ1) is 32.0. The van der Waals surface area contributed by atoms with Crippen LogP contribution in [0.3, 0.4) is 0 Å². The lowest BCUT2D eigenvalue weighted by atomic mass is 9.86. The lowest BCUT2D eigenvalue weighted by Gasteiger charge is -2.34. The number of nitrogens with one attached hydrogen (secondary N) is 1. The van der Waals surface area contributed by atoms with E-state index in [1.54, 1.807) is 30.5 Å². The number of fused-ring (bicyclic) bond motifs is 1. The van der Waals surface area contributed by atoms with E-state index in [-0.39, 0.29) is 37.9 Å². The molecule has 0 bridgehead atoms. The van der Waals surface area contributed by atoms with Crippen molar-refractivity contribution in [1.82, 2.24) is 15.3 Å². The Labute approximate surface area is 278 Å². The highest BCUT2D eigenvalue weighted by atomic mass is 35.5. The van der Waals surface area contributed by atoms with E-state index in [2.05, 4.69) is 40.6 Å². The summed E-state index contributed by atoms with van der Waals surface area (Å²) in [5, 5.41) is 17.4. The van der Waals surface area contributed by atoms with E-state index in [4.69, 9.17) is 47.1 Å². The van der Waals surface area contributed by atoms with Crippen molar-refractivity contribution in [1.29, 1.82) is 0 Å². The molecule has 0 radical (unpaired) electrons. The molecule has 0 spiro atoms. The minimum atomic E-state index is -0.823. The molecule has 1 aliphatic heterocycles. The summed E-state index contributed by atoms with van der Waals surface area (Å²) in [6, 6.07) is 29.2. The first-order valence-corrected chi connectivity index (χ1v) is 16.0. The zero-order chi connectivity index (χ0) is 31.7. The van der Waals surface area contributed by atoms with Gasteiger partial charge in [0.15, 0.2) is 6.10 Å². The topological polar surface area (TPSA) is 95.0 Å². The molecular weight excluding hydrogens is 625 g/mol. The quantitative estimate of drug-likeness (QED) is 0.129. The zero-order valence-electron chi connectivity index (χ0n) is 25.1. The maximum Gasteiger partial charge on any atom is 0.316 e. The molecule has 4 aromatic carbocycles. The van der Waals surface area contributed by atoms with Crippen LogP contribution in [-0.2, 0) is 11.3 Å². The molecule has 10 heteroatoms. The number of benzene rings is 4. The van der Waals surface area contributed by atoms with E-state index in [9.17, 15) is 5.11 Å². The molecule has 1 saturated heterocycles. The minimum Gasteiger partial charge on any atom is -0.488 e. The number of aliphatic hydroxyl groups excluding tert-OH is 1. The minimum absolute atomic E-state index is 0.0572. The van der Waals surface area contributed by atoms with Crippen molar-refractivity contribution in [3.05, 3.63) is 124 Å². The highest BCUT2D eigenvalue weighted by Gasteiger charge is 2.33. The molecule has 8 nitrogen and oxygen atoms in total. The molecule has 1 aromatic heterocycles. The van der Waals surface area contributed by atoms with E-state index in [1.807, 2.05) is 36.4 Å². The van der Waals surface area contributed by atoms with Crippen molar-refractivity contribution < 1.29 is 24.1 Å². The molecule has 238 valence electrons. The van der Waals surface area contributed by atoms with Crippen LogP contribution in [0.25, 0.3) is 10.8 Å². The summed E-state index contributed by atoms with van der Waals surface area (Å²) in [6.07, 6.45) is 1.55. The van der Waals surface area contributed by atoms with Crippen LogP contribution in [0.15, 0.2) is 97.2 Å². The number of nitrogens with zero attached hydrogens (tertiary/aromatic N) is 2. The third-order valence-corrected chi connectivity index (χ3v) is 8.54. The Morgan fingerprint density at radius 1 is 0.848 bits per heavy atom. The zero-order valence-corrected chi connectivity index (χ0v) is 26.7. The molecule has 0 aliphatic carbocycles. The summed E-state index contributed by atoms with van der Waals surface area (Å²) in [7, 11) is 0. The third-order valence-electron chi connectivity index (χ3n) is 7.92. The number of halogens is 2. The van der Waals surface area contributed by atoms with Crippen molar-refractivity contribution in [3.63, 3.8) is 0 Å². The van der Waals surface area contributed by atoms with Crippen LogP contribution in [0.2, 0.25) is 10.0 Å². The summed E-state index contributed by atoms with van der Waals surface area (Å²) in [4.78, 5) is 9.33.